The van der Waals surface area contributed by atoms with Gasteiger partial charge in [0.25, 0.3) is 0 Å². The summed E-state index contributed by atoms with van der Waals surface area (Å²) in [5, 5.41) is 18.0. The fraction of sp³-hybridized carbons (Fsp3) is 0.538. The first-order valence-electron chi connectivity index (χ1n) is 7.17. The molecule has 0 aliphatic carbocycles. The first kappa shape index (κ1) is 16.4. The van der Waals surface area contributed by atoms with E-state index in [0.29, 0.717) is 6.54 Å². The molecule has 1 saturated heterocycles. The molecule has 6 nitrogen and oxygen atoms in total. The van der Waals surface area contributed by atoms with Gasteiger partial charge in [0, 0.05) is 6.54 Å². The number of hydrogen-bond donors (Lipinski definition) is 3. The molecule has 0 aromatic heterocycles. The van der Waals surface area contributed by atoms with Crippen LogP contribution in [0.2, 0.25) is 0 Å². The lowest BCUT2D eigenvalue weighted by molar-refractivity contribution is 0.334. The summed E-state index contributed by atoms with van der Waals surface area (Å²) in [5.74, 6) is 0. The van der Waals surface area contributed by atoms with E-state index in [2.05, 4.69) is 9.62 Å². The fourth-order valence-corrected chi connectivity index (χ4v) is 3.49. The zero-order valence-corrected chi connectivity index (χ0v) is 12.7. The van der Waals surface area contributed by atoms with Crippen molar-refractivity contribution >= 4 is 22.6 Å². The van der Waals surface area contributed by atoms with Crippen molar-refractivity contribution in [2.24, 2.45) is 0 Å². The monoisotopic (exact) mass is 312 g/mol. The molecule has 0 spiro atoms. The van der Waals surface area contributed by atoms with Gasteiger partial charge in [0.1, 0.15) is 0 Å². The highest BCUT2D eigenvalue weighted by molar-refractivity contribution is 7.89. The lowest BCUT2D eigenvalue weighted by Gasteiger charge is -2.14. The Morgan fingerprint density at radius 3 is 2.33 bits per heavy atom. The summed E-state index contributed by atoms with van der Waals surface area (Å²) in [7, 11) is -5.12. The number of hydrogen-bond acceptors (Lipinski definition) is 5. The maximum absolute atomic E-state index is 12.1. The van der Waals surface area contributed by atoms with Gasteiger partial charge in [-0.25, -0.2) is 13.1 Å². The van der Waals surface area contributed by atoms with Crippen LogP contribution in [0.1, 0.15) is 19.3 Å². The summed E-state index contributed by atoms with van der Waals surface area (Å²) >= 11 is 0. The van der Waals surface area contributed by atoms with E-state index in [1.54, 1.807) is 0 Å². The van der Waals surface area contributed by atoms with Crippen molar-refractivity contribution < 1.29 is 18.5 Å². The van der Waals surface area contributed by atoms with Crippen molar-refractivity contribution in [2.45, 2.75) is 24.2 Å². The molecule has 2 rings (SSSR count). The molecule has 0 amide bonds. The second-order valence-corrected chi connectivity index (χ2v) is 7.01. The Morgan fingerprint density at radius 1 is 1.14 bits per heavy atom. The second-order valence-electron chi connectivity index (χ2n) is 5.24. The Morgan fingerprint density at radius 2 is 1.76 bits per heavy atom. The van der Waals surface area contributed by atoms with E-state index in [0.717, 1.165) is 26.1 Å². The van der Waals surface area contributed by atoms with Crippen molar-refractivity contribution in [3.63, 3.8) is 0 Å². The van der Waals surface area contributed by atoms with Crippen molar-refractivity contribution in [3.05, 3.63) is 24.3 Å². The van der Waals surface area contributed by atoms with Gasteiger partial charge in [-0.2, -0.15) is 0 Å². The van der Waals surface area contributed by atoms with Gasteiger partial charge in [-0.15, -0.1) is 0 Å². The molecule has 0 unspecified atom stereocenters. The Hall–Kier alpha value is -0.925. The van der Waals surface area contributed by atoms with E-state index in [1.165, 1.54) is 37.1 Å². The molecular weight excluding hydrogens is 291 g/mol. The quantitative estimate of drug-likeness (QED) is 0.450. The van der Waals surface area contributed by atoms with Gasteiger partial charge in [-0.05, 0) is 56.5 Å². The van der Waals surface area contributed by atoms with Crippen molar-refractivity contribution in [1.29, 1.82) is 0 Å². The first-order valence-corrected chi connectivity index (χ1v) is 8.65. The van der Waals surface area contributed by atoms with Crippen LogP contribution < -0.4 is 10.2 Å². The zero-order chi connectivity index (χ0) is 15.3. The van der Waals surface area contributed by atoms with Gasteiger partial charge < -0.3 is 14.9 Å². The summed E-state index contributed by atoms with van der Waals surface area (Å²) in [4.78, 5) is 2.47. The first-order chi connectivity index (χ1) is 9.99. The number of rotatable bonds is 7. The molecule has 0 radical (unpaired) electrons. The van der Waals surface area contributed by atoms with Crippen LogP contribution in [0.15, 0.2) is 29.2 Å². The van der Waals surface area contributed by atoms with Crippen LogP contribution in [0, 0.1) is 0 Å². The normalized spacial score (nSPS) is 16.3. The molecule has 3 N–H and O–H groups in total. The highest BCUT2D eigenvalue weighted by atomic mass is 32.2. The van der Waals surface area contributed by atoms with Crippen LogP contribution in [0.4, 0.5) is 0 Å². The van der Waals surface area contributed by atoms with E-state index in [4.69, 9.17) is 10.0 Å². The number of benzene rings is 1. The minimum Gasteiger partial charge on any atom is -0.423 e. The Bertz CT molecular complexity index is 542. The van der Waals surface area contributed by atoms with E-state index >= 15 is 0 Å². The molecular formula is C13H21BN2O4S. The summed E-state index contributed by atoms with van der Waals surface area (Å²) in [6.07, 6.45) is 3.25. The van der Waals surface area contributed by atoms with Crippen molar-refractivity contribution in [2.75, 3.05) is 26.2 Å². The third-order valence-corrected chi connectivity index (χ3v) is 5.11. The second kappa shape index (κ2) is 7.37. The van der Waals surface area contributed by atoms with Crippen LogP contribution >= 0.6 is 0 Å². The molecule has 1 aromatic carbocycles. The predicted octanol–water partition coefficient (Wildman–Crippen LogP) is -0.869. The molecule has 0 saturated carbocycles. The Balaban J connectivity index is 1.83. The number of nitrogens with one attached hydrogen (secondary N) is 1. The average molecular weight is 312 g/mol. The molecule has 116 valence electrons. The molecule has 0 atom stereocenters. The van der Waals surface area contributed by atoms with Crippen LogP contribution in [-0.2, 0) is 10.0 Å². The van der Waals surface area contributed by atoms with E-state index in [1.807, 2.05) is 0 Å². The van der Waals surface area contributed by atoms with E-state index in [-0.39, 0.29) is 10.4 Å². The number of nitrogens with zero attached hydrogens (tertiary/aromatic N) is 1. The lowest BCUT2D eigenvalue weighted by atomic mass is 9.81. The van der Waals surface area contributed by atoms with Crippen LogP contribution in [0.3, 0.4) is 0 Å². The molecule has 1 aromatic rings. The molecule has 1 fully saturated rings. The standard InChI is InChI=1S/C13H21BN2O4S/c17-14(18)12-4-6-13(7-5-12)21(19,20)15-8-3-11-16-9-1-2-10-16/h4-7,15,17-18H,1-3,8-11H2. The maximum Gasteiger partial charge on any atom is 0.488 e. The predicted molar refractivity (Wildman–Crippen MR) is 81.7 cm³/mol. The van der Waals surface area contributed by atoms with Gasteiger partial charge in [0.2, 0.25) is 10.0 Å². The smallest absolute Gasteiger partial charge is 0.423 e. The van der Waals surface area contributed by atoms with Crippen LogP contribution in [0.25, 0.3) is 0 Å². The minimum atomic E-state index is -3.53. The summed E-state index contributed by atoms with van der Waals surface area (Å²) in [5.41, 5.74) is 0.267. The topological polar surface area (TPSA) is 89.9 Å². The van der Waals surface area contributed by atoms with Gasteiger partial charge in [-0.3, -0.25) is 0 Å². The molecule has 1 aliphatic heterocycles. The maximum atomic E-state index is 12.1. The van der Waals surface area contributed by atoms with Crippen molar-refractivity contribution in [3.8, 4) is 0 Å². The molecule has 21 heavy (non-hydrogen) atoms. The third kappa shape index (κ3) is 4.79. The molecule has 0 bridgehead atoms. The summed E-state index contributed by atoms with van der Waals surface area (Å²) in [6, 6.07) is 5.53. The Labute approximate surface area is 126 Å². The Kier molecular flexibility index (Phi) is 5.77. The fourth-order valence-electron chi connectivity index (χ4n) is 2.42. The summed E-state index contributed by atoms with van der Waals surface area (Å²) < 4.78 is 26.7. The van der Waals surface area contributed by atoms with Gasteiger partial charge in [0.15, 0.2) is 0 Å². The third-order valence-electron chi connectivity index (χ3n) is 3.63. The lowest BCUT2D eigenvalue weighted by Crippen LogP contribution is -2.31. The highest BCUT2D eigenvalue weighted by Gasteiger charge is 2.16. The molecule has 1 aliphatic rings. The van der Waals surface area contributed by atoms with Gasteiger partial charge >= 0.3 is 7.12 Å². The zero-order valence-electron chi connectivity index (χ0n) is 11.9. The number of likely N-dealkylation sites (tertiary alicyclic amines) is 1. The molecule has 1 heterocycles. The molecule has 8 heteroatoms. The average Bonchev–Trinajstić information content (AvgIpc) is 2.97. The van der Waals surface area contributed by atoms with E-state index in [9.17, 15) is 8.42 Å². The largest absolute Gasteiger partial charge is 0.488 e. The van der Waals surface area contributed by atoms with E-state index < -0.39 is 17.1 Å². The van der Waals surface area contributed by atoms with Crippen LogP contribution in [0.5, 0.6) is 0 Å². The SMILES string of the molecule is O=S(=O)(NCCCN1CCCC1)c1ccc(B(O)O)cc1. The van der Waals surface area contributed by atoms with Gasteiger partial charge in [-0.1, -0.05) is 12.1 Å². The minimum absolute atomic E-state index is 0.132. The number of sulfonamides is 1. The van der Waals surface area contributed by atoms with Crippen LogP contribution in [-0.4, -0.2) is 56.7 Å². The van der Waals surface area contributed by atoms with Crippen molar-refractivity contribution in [1.82, 2.24) is 9.62 Å². The highest BCUT2D eigenvalue weighted by Crippen LogP contribution is 2.08. The summed E-state index contributed by atoms with van der Waals surface area (Å²) in [6.45, 7) is 3.54. The van der Waals surface area contributed by atoms with Gasteiger partial charge in [0.05, 0.1) is 4.90 Å².